The maximum Gasteiger partial charge on any atom is 0.263 e. The van der Waals surface area contributed by atoms with Gasteiger partial charge in [-0.2, -0.15) is 5.10 Å². The third kappa shape index (κ3) is 3.05. The fraction of sp³-hybridized carbons (Fsp3) is 0.0909. The Hall–Kier alpha value is -2.75. The van der Waals surface area contributed by atoms with E-state index < -0.39 is 10.0 Å². The number of aromatic amines is 1. The van der Waals surface area contributed by atoms with E-state index in [9.17, 15) is 8.42 Å². The third-order valence-corrected chi connectivity index (χ3v) is 3.99. The smallest absolute Gasteiger partial charge is 0.263 e. The molecule has 0 saturated carbocycles. The van der Waals surface area contributed by atoms with Crippen LogP contribution in [0, 0.1) is 0 Å². The van der Waals surface area contributed by atoms with Gasteiger partial charge < -0.3 is 15.7 Å². The summed E-state index contributed by atoms with van der Waals surface area (Å²) in [6.07, 6.45) is 1.24. The van der Waals surface area contributed by atoms with Gasteiger partial charge in [0.15, 0.2) is 5.84 Å². The molecule has 2 aromatic rings. The lowest BCUT2D eigenvalue weighted by atomic mass is 10.3. The van der Waals surface area contributed by atoms with Crippen molar-refractivity contribution >= 4 is 21.7 Å². The van der Waals surface area contributed by atoms with Crippen LogP contribution in [0.3, 0.4) is 0 Å². The van der Waals surface area contributed by atoms with Crippen LogP contribution in [-0.2, 0) is 10.0 Å². The van der Waals surface area contributed by atoms with E-state index >= 15 is 0 Å². The highest BCUT2D eigenvalue weighted by Crippen LogP contribution is 2.19. The molecule has 0 bridgehead atoms. The van der Waals surface area contributed by atoms with Crippen LogP contribution in [0.15, 0.2) is 40.5 Å². The lowest BCUT2D eigenvalue weighted by molar-refractivity contribution is 0.318. The van der Waals surface area contributed by atoms with E-state index in [1.54, 1.807) is 0 Å². The predicted octanol–water partition coefficient (Wildman–Crippen LogP) is 0.314. The van der Waals surface area contributed by atoms with Crippen LogP contribution in [0.2, 0.25) is 0 Å². The first-order chi connectivity index (χ1) is 9.97. The molecule has 0 unspecified atom stereocenters. The summed E-state index contributed by atoms with van der Waals surface area (Å²) in [7, 11) is -2.36. The molecule has 0 aliphatic heterocycles. The Morgan fingerprint density at radius 1 is 1.43 bits per heavy atom. The number of hydrogen-bond acceptors (Lipinski definition) is 6. The number of hydrogen-bond donors (Lipinski definition) is 4. The number of H-pyrrole nitrogens is 1. The Balaban J connectivity index is 2.31. The van der Waals surface area contributed by atoms with Crippen LogP contribution in [0.5, 0.6) is 5.75 Å². The molecule has 0 radical (unpaired) electrons. The number of benzene rings is 1. The van der Waals surface area contributed by atoms with Gasteiger partial charge in [0.1, 0.15) is 11.6 Å². The van der Waals surface area contributed by atoms with Gasteiger partial charge in [0.2, 0.25) is 0 Å². The predicted molar refractivity (Wildman–Crippen MR) is 74.9 cm³/mol. The topological polar surface area (TPSA) is 143 Å². The van der Waals surface area contributed by atoms with E-state index in [-0.39, 0.29) is 22.1 Å². The van der Waals surface area contributed by atoms with Gasteiger partial charge in [0.05, 0.1) is 23.8 Å². The van der Waals surface area contributed by atoms with Crippen LogP contribution in [0.4, 0.5) is 5.82 Å². The molecule has 0 atom stereocenters. The number of amidine groups is 1. The number of nitrogens with one attached hydrogen (secondary N) is 2. The summed E-state index contributed by atoms with van der Waals surface area (Å²) in [6, 6.07) is 5.82. The van der Waals surface area contributed by atoms with Crippen molar-refractivity contribution in [3.8, 4) is 5.75 Å². The van der Waals surface area contributed by atoms with Crippen molar-refractivity contribution < 1.29 is 18.4 Å². The maximum atomic E-state index is 12.2. The van der Waals surface area contributed by atoms with E-state index in [2.05, 4.69) is 20.1 Å². The average molecular weight is 311 g/mol. The van der Waals surface area contributed by atoms with Crippen molar-refractivity contribution in [2.24, 2.45) is 10.9 Å². The van der Waals surface area contributed by atoms with Gasteiger partial charge in [0.25, 0.3) is 10.0 Å². The molecule has 5 N–H and O–H groups in total. The standard InChI is InChI=1S/C11H13N5O4S/c1-20-7-2-4-8(5-3-7)21(18,19)16-11-9(6-13-14-11)10(12)15-17/h2-6,17H,1H3,(H2,12,15)(H2,13,14,16). The second kappa shape index (κ2) is 5.71. The number of nitrogens with zero attached hydrogens (tertiary/aromatic N) is 2. The molecule has 0 aliphatic rings. The molecule has 0 amide bonds. The Kier molecular flexibility index (Phi) is 3.98. The zero-order chi connectivity index (χ0) is 15.5. The van der Waals surface area contributed by atoms with Gasteiger partial charge in [-0.15, -0.1) is 0 Å². The molecule has 0 spiro atoms. The molecule has 0 fully saturated rings. The van der Waals surface area contributed by atoms with Crippen molar-refractivity contribution in [2.45, 2.75) is 4.90 Å². The first-order valence-corrected chi connectivity index (χ1v) is 7.14. The molecular formula is C11H13N5O4S. The Morgan fingerprint density at radius 2 is 2.10 bits per heavy atom. The minimum atomic E-state index is -3.84. The molecule has 2 rings (SSSR count). The Bertz CT molecular complexity index is 751. The van der Waals surface area contributed by atoms with Crippen molar-refractivity contribution in [2.75, 3.05) is 11.8 Å². The largest absolute Gasteiger partial charge is 0.497 e. The number of aromatic nitrogens is 2. The maximum absolute atomic E-state index is 12.2. The minimum Gasteiger partial charge on any atom is -0.497 e. The number of sulfonamides is 1. The summed E-state index contributed by atoms with van der Waals surface area (Å²) >= 11 is 0. The van der Waals surface area contributed by atoms with Gasteiger partial charge in [0, 0.05) is 0 Å². The van der Waals surface area contributed by atoms with E-state index in [1.807, 2.05) is 0 Å². The summed E-state index contributed by atoms with van der Waals surface area (Å²) in [5.74, 6) is 0.269. The van der Waals surface area contributed by atoms with Gasteiger partial charge in [-0.3, -0.25) is 9.82 Å². The van der Waals surface area contributed by atoms with Crippen LogP contribution in [0.1, 0.15) is 5.56 Å². The number of anilines is 1. The molecular weight excluding hydrogens is 298 g/mol. The van der Waals surface area contributed by atoms with E-state index in [1.165, 1.54) is 37.6 Å². The van der Waals surface area contributed by atoms with Gasteiger partial charge in [-0.25, -0.2) is 8.42 Å². The summed E-state index contributed by atoms with van der Waals surface area (Å²) in [6.45, 7) is 0. The second-order valence-electron chi connectivity index (χ2n) is 3.92. The second-order valence-corrected chi connectivity index (χ2v) is 5.61. The quantitative estimate of drug-likeness (QED) is 0.271. The normalized spacial score (nSPS) is 12.1. The molecule has 10 heteroatoms. The van der Waals surface area contributed by atoms with Crippen molar-refractivity contribution in [3.63, 3.8) is 0 Å². The molecule has 1 heterocycles. The van der Waals surface area contributed by atoms with Crippen LogP contribution in [-0.4, -0.2) is 36.8 Å². The zero-order valence-corrected chi connectivity index (χ0v) is 11.8. The van der Waals surface area contributed by atoms with Gasteiger partial charge in [-0.05, 0) is 24.3 Å². The highest BCUT2D eigenvalue weighted by Gasteiger charge is 2.19. The molecule has 0 saturated heterocycles. The number of ether oxygens (including phenoxy) is 1. The molecule has 9 nitrogen and oxygen atoms in total. The molecule has 1 aromatic carbocycles. The van der Waals surface area contributed by atoms with E-state index in [0.717, 1.165) is 0 Å². The minimum absolute atomic E-state index is 0.00104. The Morgan fingerprint density at radius 3 is 2.67 bits per heavy atom. The van der Waals surface area contributed by atoms with Crippen LogP contribution >= 0.6 is 0 Å². The molecule has 21 heavy (non-hydrogen) atoms. The number of rotatable bonds is 5. The van der Waals surface area contributed by atoms with Crippen LogP contribution in [0.25, 0.3) is 0 Å². The summed E-state index contributed by atoms with van der Waals surface area (Å²) in [5, 5.41) is 17.5. The molecule has 0 aliphatic carbocycles. The summed E-state index contributed by atoms with van der Waals surface area (Å²) < 4.78 is 31.7. The van der Waals surface area contributed by atoms with Gasteiger partial charge in [-0.1, -0.05) is 5.16 Å². The lowest BCUT2D eigenvalue weighted by Crippen LogP contribution is -2.18. The van der Waals surface area contributed by atoms with Gasteiger partial charge >= 0.3 is 0 Å². The third-order valence-electron chi connectivity index (χ3n) is 2.63. The summed E-state index contributed by atoms with van der Waals surface area (Å²) in [5.41, 5.74) is 5.56. The highest BCUT2D eigenvalue weighted by atomic mass is 32.2. The number of oxime groups is 1. The first-order valence-electron chi connectivity index (χ1n) is 5.66. The molecule has 112 valence electrons. The zero-order valence-electron chi connectivity index (χ0n) is 10.9. The fourth-order valence-corrected chi connectivity index (χ4v) is 2.60. The highest BCUT2D eigenvalue weighted by molar-refractivity contribution is 7.92. The monoisotopic (exact) mass is 311 g/mol. The van der Waals surface area contributed by atoms with E-state index in [0.29, 0.717) is 5.75 Å². The lowest BCUT2D eigenvalue weighted by Gasteiger charge is -2.08. The fourth-order valence-electron chi connectivity index (χ4n) is 1.56. The first kappa shape index (κ1) is 14.7. The summed E-state index contributed by atoms with van der Waals surface area (Å²) in [4.78, 5) is 0.0309. The van der Waals surface area contributed by atoms with Crippen molar-refractivity contribution in [3.05, 3.63) is 36.0 Å². The average Bonchev–Trinajstić information content (AvgIpc) is 2.94. The Labute approximate surface area is 120 Å². The van der Waals surface area contributed by atoms with Crippen molar-refractivity contribution in [1.29, 1.82) is 0 Å². The van der Waals surface area contributed by atoms with Crippen molar-refractivity contribution in [1.82, 2.24) is 10.2 Å². The van der Waals surface area contributed by atoms with Crippen LogP contribution < -0.4 is 15.2 Å². The molecule has 1 aromatic heterocycles. The number of methoxy groups -OCH3 is 1. The van der Waals surface area contributed by atoms with E-state index in [4.69, 9.17) is 15.7 Å². The number of nitrogens with two attached hydrogens (primary N) is 1. The SMILES string of the molecule is COc1ccc(S(=O)(=O)Nc2[nH]ncc2C(N)=NO)cc1.